The molecule has 0 aliphatic heterocycles. The Morgan fingerprint density at radius 1 is 1.53 bits per heavy atom. The van der Waals surface area contributed by atoms with Gasteiger partial charge in [0, 0.05) is 18.5 Å². The maximum absolute atomic E-state index is 12.1. The van der Waals surface area contributed by atoms with E-state index in [4.69, 9.17) is 5.73 Å². The Morgan fingerprint density at radius 3 is 2.79 bits per heavy atom. The number of hydrogen-bond acceptors (Lipinski definition) is 6. The van der Waals surface area contributed by atoms with E-state index in [-0.39, 0.29) is 10.8 Å². The van der Waals surface area contributed by atoms with Gasteiger partial charge in [0.1, 0.15) is 16.4 Å². The normalized spacial score (nSPS) is 11.9. The second kappa shape index (κ2) is 5.37. The Bertz CT molecular complexity index is 674. The maximum Gasteiger partial charge on any atom is 0.250 e. The van der Waals surface area contributed by atoms with Gasteiger partial charge in [0.2, 0.25) is 10.0 Å². The molecule has 0 amide bonds. The van der Waals surface area contributed by atoms with Crippen molar-refractivity contribution in [3.8, 4) is 0 Å². The van der Waals surface area contributed by atoms with Crippen LogP contribution in [0.25, 0.3) is 0 Å². The molecule has 0 radical (unpaired) electrons. The first-order chi connectivity index (χ1) is 8.94. The van der Waals surface area contributed by atoms with Crippen LogP contribution >= 0.6 is 11.3 Å². The van der Waals surface area contributed by atoms with E-state index in [1.165, 1.54) is 17.7 Å². The molecule has 0 saturated carbocycles. The van der Waals surface area contributed by atoms with Gasteiger partial charge in [-0.05, 0) is 18.6 Å². The lowest BCUT2D eigenvalue weighted by molar-refractivity contribution is 0.579. The average Bonchev–Trinajstić information content (AvgIpc) is 2.93. The molecule has 2 heterocycles. The van der Waals surface area contributed by atoms with Gasteiger partial charge in [0.25, 0.3) is 0 Å². The molecule has 0 atom stereocenters. The van der Waals surface area contributed by atoms with Gasteiger partial charge in [-0.15, -0.1) is 21.5 Å². The topological polar surface area (TPSA) is 103 Å². The van der Waals surface area contributed by atoms with Gasteiger partial charge in [-0.3, -0.25) is 0 Å². The van der Waals surface area contributed by atoms with Gasteiger partial charge in [0.15, 0.2) is 0 Å². The number of nitrogens with zero attached hydrogens (tertiary/aromatic N) is 3. The Balaban J connectivity index is 2.16. The molecule has 9 heteroatoms. The second-order valence-corrected chi connectivity index (χ2v) is 7.19. The van der Waals surface area contributed by atoms with Crippen molar-refractivity contribution in [2.45, 2.75) is 24.2 Å². The Morgan fingerprint density at radius 2 is 2.26 bits per heavy atom. The summed E-state index contributed by atoms with van der Waals surface area (Å²) in [6.07, 6.45) is 1.52. The molecule has 0 fully saturated rings. The van der Waals surface area contributed by atoms with Crippen molar-refractivity contribution in [3.63, 3.8) is 0 Å². The molecule has 0 aromatic carbocycles. The highest BCUT2D eigenvalue weighted by Gasteiger charge is 2.19. The highest BCUT2D eigenvalue weighted by molar-refractivity contribution is 7.91. The van der Waals surface area contributed by atoms with Crippen molar-refractivity contribution in [1.29, 1.82) is 0 Å². The lowest BCUT2D eigenvalue weighted by Crippen LogP contribution is -2.24. The monoisotopic (exact) mass is 301 g/mol. The van der Waals surface area contributed by atoms with Crippen molar-refractivity contribution in [2.75, 3.05) is 0 Å². The molecule has 0 aliphatic rings. The van der Waals surface area contributed by atoms with Crippen molar-refractivity contribution in [1.82, 2.24) is 19.5 Å². The summed E-state index contributed by atoms with van der Waals surface area (Å²) in [5, 5.41) is 7.51. The summed E-state index contributed by atoms with van der Waals surface area (Å²) in [6.45, 7) is 2.30. The smallest absolute Gasteiger partial charge is 0.250 e. The van der Waals surface area contributed by atoms with Crippen LogP contribution in [0.2, 0.25) is 0 Å². The third-order valence-corrected chi connectivity index (χ3v) is 5.81. The van der Waals surface area contributed by atoms with Crippen LogP contribution in [0.4, 0.5) is 0 Å². The third kappa shape index (κ3) is 3.00. The number of aryl methyl sites for hydroxylation is 2. The molecular formula is C10H15N5O2S2. The fraction of sp³-hybridized carbons (Fsp3) is 0.400. The van der Waals surface area contributed by atoms with Crippen LogP contribution in [0.1, 0.15) is 16.3 Å². The SMILES string of the molecule is Cc1cc(S(=O)(=O)NCc2nncn2C)sc1CN. The summed E-state index contributed by atoms with van der Waals surface area (Å²) in [5.41, 5.74) is 6.45. The minimum absolute atomic E-state index is 0.105. The first-order valence-electron chi connectivity index (χ1n) is 5.56. The first-order valence-corrected chi connectivity index (χ1v) is 7.86. The Hall–Kier alpha value is -1.29. The summed E-state index contributed by atoms with van der Waals surface area (Å²) in [4.78, 5) is 0.874. The second-order valence-electron chi connectivity index (χ2n) is 4.06. The number of thiophene rings is 1. The van der Waals surface area contributed by atoms with Crippen LogP contribution in [-0.2, 0) is 30.2 Å². The zero-order valence-corrected chi connectivity index (χ0v) is 12.3. The average molecular weight is 301 g/mol. The largest absolute Gasteiger partial charge is 0.326 e. The lowest BCUT2D eigenvalue weighted by atomic mass is 10.3. The molecule has 2 aromatic rings. The standard InChI is InChI=1S/C10H15N5O2S2/c1-7-3-10(18-8(7)4-11)19(16,17)13-5-9-14-12-6-15(9)2/h3,6,13H,4-5,11H2,1-2H3. The number of nitrogens with one attached hydrogen (secondary N) is 1. The Labute approximate surface area is 115 Å². The zero-order valence-electron chi connectivity index (χ0n) is 10.6. The molecule has 19 heavy (non-hydrogen) atoms. The summed E-state index contributed by atoms with van der Waals surface area (Å²) < 4.78 is 28.7. The molecule has 2 rings (SSSR count). The quantitative estimate of drug-likeness (QED) is 0.816. The van der Waals surface area contributed by atoms with Gasteiger partial charge in [-0.1, -0.05) is 0 Å². The third-order valence-electron chi connectivity index (χ3n) is 2.67. The minimum atomic E-state index is -3.53. The van der Waals surface area contributed by atoms with Crippen LogP contribution in [0.5, 0.6) is 0 Å². The van der Waals surface area contributed by atoms with Gasteiger partial charge >= 0.3 is 0 Å². The van der Waals surface area contributed by atoms with Gasteiger partial charge in [-0.25, -0.2) is 13.1 Å². The van der Waals surface area contributed by atoms with E-state index >= 15 is 0 Å². The summed E-state index contributed by atoms with van der Waals surface area (Å²) in [6, 6.07) is 1.63. The molecule has 0 bridgehead atoms. The van der Waals surface area contributed by atoms with Crippen LogP contribution in [0.3, 0.4) is 0 Å². The molecule has 7 nitrogen and oxygen atoms in total. The van der Waals surface area contributed by atoms with Gasteiger partial charge in [0.05, 0.1) is 6.54 Å². The minimum Gasteiger partial charge on any atom is -0.326 e. The predicted molar refractivity (Wildman–Crippen MR) is 72.0 cm³/mol. The predicted octanol–water partition coefficient (Wildman–Crippen LogP) is 0.122. The van der Waals surface area contributed by atoms with E-state index in [1.807, 2.05) is 6.92 Å². The van der Waals surface area contributed by atoms with Crippen LogP contribution in [0.15, 0.2) is 16.6 Å². The van der Waals surface area contributed by atoms with E-state index in [9.17, 15) is 8.42 Å². The molecule has 0 saturated heterocycles. The molecule has 0 aliphatic carbocycles. The number of aromatic nitrogens is 3. The molecule has 0 unspecified atom stereocenters. The summed E-state index contributed by atoms with van der Waals surface area (Å²) in [5.74, 6) is 0.552. The van der Waals surface area contributed by atoms with Gasteiger partial charge < -0.3 is 10.3 Å². The fourth-order valence-electron chi connectivity index (χ4n) is 1.52. The molecule has 0 spiro atoms. The van der Waals surface area contributed by atoms with Crippen molar-refractivity contribution >= 4 is 21.4 Å². The number of rotatable bonds is 5. The maximum atomic E-state index is 12.1. The van der Waals surface area contributed by atoms with Gasteiger partial charge in [-0.2, -0.15) is 0 Å². The molecule has 2 aromatic heterocycles. The van der Waals surface area contributed by atoms with Crippen molar-refractivity contribution < 1.29 is 8.42 Å². The van der Waals surface area contributed by atoms with Crippen LogP contribution < -0.4 is 10.5 Å². The fourth-order valence-corrected chi connectivity index (χ4v) is 4.01. The summed E-state index contributed by atoms with van der Waals surface area (Å²) in [7, 11) is -1.78. The molecule has 3 N–H and O–H groups in total. The summed E-state index contributed by atoms with van der Waals surface area (Å²) >= 11 is 1.19. The zero-order chi connectivity index (χ0) is 14.0. The van der Waals surface area contributed by atoms with E-state index in [1.54, 1.807) is 17.7 Å². The van der Waals surface area contributed by atoms with E-state index < -0.39 is 10.0 Å². The van der Waals surface area contributed by atoms with Crippen LogP contribution in [0, 0.1) is 6.92 Å². The van der Waals surface area contributed by atoms with Crippen molar-refractivity contribution in [3.05, 3.63) is 28.7 Å². The highest BCUT2D eigenvalue weighted by atomic mass is 32.2. The Kier molecular flexibility index (Phi) is 3.99. The van der Waals surface area contributed by atoms with E-state index in [0.717, 1.165) is 10.4 Å². The first kappa shape index (κ1) is 14.1. The lowest BCUT2D eigenvalue weighted by Gasteiger charge is -2.03. The van der Waals surface area contributed by atoms with Crippen molar-refractivity contribution in [2.24, 2.45) is 12.8 Å². The number of nitrogens with two attached hydrogens (primary N) is 1. The van der Waals surface area contributed by atoms with E-state index in [0.29, 0.717) is 12.4 Å². The molecule has 104 valence electrons. The number of sulfonamides is 1. The number of hydrogen-bond donors (Lipinski definition) is 2. The van der Waals surface area contributed by atoms with Crippen LogP contribution in [-0.4, -0.2) is 23.2 Å². The molecular weight excluding hydrogens is 286 g/mol. The van der Waals surface area contributed by atoms with E-state index in [2.05, 4.69) is 14.9 Å². The highest BCUT2D eigenvalue weighted by Crippen LogP contribution is 2.25.